The first kappa shape index (κ1) is 16.8. The average molecular weight is 372 g/mol. The zero-order chi connectivity index (χ0) is 18.1. The van der Waals surface area contributed by atoms with Crippen molar-refractivity contribution in [1.82, 2.24) is 4.98 Å². The Morgan fingerprint density at radius 1 is 0.962 bits per heavy atom. The lowest BCUT2D eigenvalue weighted by Gasteiger charge is -2.14. The van der Waals surface area contributed by atoms with Crippen LogP contribution in [-0.4, -0.2) is 26.5 Å². The number of rotatable bonds is 4. The number of anilines is 1. The molecule has 1 fully saturated rings. The van der Waals surface area contributed by atoms with Crippen LogP contribution in [0.3, 0.4) is 0 Å². The molecule has 5 nitrogen and oxygen atoms in total. The van der Waals surface area contributed by atoms with Crippen LogP contribution in [0, 0.1) is 5.82 Å². The van der Waals surface area contributed by atoms with Gasteiger partial charge in [-0.1, -0.05) is 18.2 Å². The van der Waals surface area contributed by atoms with Crippen molar-refractivity contribution in [1.29, 1.82) is 0 Å². The molecule has 7 heteroatoms. The van der Waals surface area contributed by atoms with E-state index in [1.54, 1.807) is 0 Å². The van der Waals surface area contributed by atoms with Gasteiger partial charge in [0.05, 0.1) is 4.90 Å². The molecule has 26 heavy (non-hydrogen) atoms. The van der Waals surface area contributed by atoms with Crippen LogP contribution in [-0.2, 0) is 9.84 Å². The van der Waals surface area contributed by atoms with E-state index in [9.17, 15) is 12.8 Å². The molecule has 0 spiro atoms. The third-order valence-corrected chi connectivity index (χ3v) is 6.04. The summed E-state index contributed by atoms with van der Waals surface area (Å²) in [6.07, 6.45) is 1.94. The van der Waals surface area contributed by atoms with Gasteiger partial charge < -0.3 is 9.32 Å². The van der Waals surface area contributed by atoms with Gasteiger partial charge in [0.1, 0.15) is 5.82 Å². The molecule has 0 unspecified atom stereocenters. The molecule has 134 valence electrons. The van der Waals surface area contributed by atoms with Gasteiger partial charge in [-0.15, -0.1) is 0 Å². The molecule has 0 radical (unpaired) electrons. The number of aromatic nitrogens is 1. The molecular weight excluding hydrogens is 355 g/mol. The van der Waals surface area contributed by atoms with Crippen LogP contribution in [0.25, 0.3) is 11.5 Å². The van der Waals surface area contributed by atoms with Gasteiger partial charge in [0, 0.05) is 18.7 Å². The Hall–Kier alpha value is -2.67. The van der Waals surface area contributed by atoms with E-state index in [-0.39, 0.29) is 21.7 Å². The van der Waals surface area contributed by atoms with E-state index in [1.165, 1.54) is 12.1 Å². The highest BCUT2D eigenvalue weighted by atomic mass is 32.2. The Balaban J connectivity index is 1.86. The second-order valence-corrected chi connectivity index (χ2v) is 8.01. The molecule has 0 saturated carbocycles. The monoisotopic (exact) mass is 372 g/mol. The highest BCUT2D eigenvalue weighted by molar-refractivity contribution is 7.91. The predicted octanol–water partition coefficient (Wildman–Crippen LogP) is 3.91. The molecule has 0 bridgehead atoms. The summed E-state index contributed by atoms with van der Waals surface area (Å²) in [5.74, 6) is 0.0210. The van der Waals surface area contributed by atoms with Crippen molar-refractivity contribution < 1.29 is 17.2 Å². The third-order valence-electron chi connectivity index (χ3n) is 4.37. The first-order chi connectivity index (χ1) is 12.6. The van der Waals surface area contributed by atoms with Crippen molar-refractivity contribution >= 4 is 15.7 Å². The standard InChI is InChI=1S/C19H17FN2O3S/c20-15-8-10-16(11-9-15)26(23,24)18-19(22-12-4-5-13-22)25-17(21-18)14-6-2-1-3-7-14/h1-3,6-11H,4-5,12-13H2. The predicted molar refractivity (Wildman–Crippen MR) is 95.2 cm³/mol. The third kappa shape index (κ3) is 2.99. The molecule has 2 aromatic carbocycles. The van der Waals surface area contributed by atoms with Crippen LogP contribution in [0.1, 0.15) is 12.8 Å². The molecule has 0 N–H and O–H groups in total. The van der Waals surface area contributed by atoms with Crippen molar-refractivity contribution in [2.45, 2.75) is 22.8 Å². The van der Waals surface area contributed by atoms with Crippen molar-refractivity contribution in [3.8, 4) is 11.5 Å². The van der Waals surface area contributed by atoms with Crippen LogP contribution in [0.4, 0.5) is 10.3 Å². The van der Waals surface area contributed by atoms with Crippen LogP contribution < -0.4 is 4.90 Å². The van der Waals surface area contributed by atoms with Crippen molar-refractivity contribution in [3.05, 3.63) is 60.4 Å². The molecule has 0 atom stereocenters. The smallest absolute Gasteiger partial charge is 0.236 e. The summed E-state index contributed by atoms with van der Waals surface area (Å²) in [7, 11) is -3.92. The van der Waals surface area contributed by atoms with E-state index in [2.05, 4.69) is 4.98 Å². The van der Waals surface area contributed by atoms with E-state index in [4.69, 9.17) is 4.42 Å². The molecule has 3 aromatic rings. The molecule has 1 aliphatic heterocycles. The van der Waals surface area contributed by atoms with Gasteiger partial charge in [-0.3, -0.25) is 0 Å². The fourth-order valence-corrected chi connectivity index (χ4v) is 4.34. The lowest BCUT2D eigenvalue weighted by atomic mass is 10.2. The van der Waals surface area contributed by atoms with E-state index in [0.717, 1.165) is 38.1 Å². The summed E-state index contributed by atoms with van der Waals surface area (Å²) in [6, 6.07) is 13.9. The molecule has 1 aromatic heterocycles. The van der Waals surface area contributed by atoms with Gasteiger partial charge in [0.25, 0.3) is 0 Å². The summed E-state index contributed by atoms with van der Waals surface area (Å²) in [5, 5.41) is -0.120. The topological polar surface area (TPSA) is 63.4 Å². The highest BCUT2D eigenvalue weighted by Crippen LogP contribution is 2.36. The highest BCUT2D eigenvalue weighted by Gasteiger charge is 2.32. The second-order valence-electron chi connectivity index (χ2n) is 6.15. The van der Waals surface area contributed by atoms with Crippen molar-refractivity contribution in [2.24, 2.45) is 0 Å². The van der Waals surface area contributed by atoms with Gasteiger partial charge in [-0.25, -0.2) is 12.8 Å². The molecule has 4 rings (SSSR count). The molecule has 0 aliphatic carbocycles. The Labute approximate surface area is 151 Å². The largest absolute Gasteiger partial charge is 0.419 e. The number of hydrogen-bond acceptors (Lipinski definition) is 5. The van der Waals surface area contributed by atoms with E-state index >= 15 is 0 Å². The van der Waals surface area contributed by atoms with E-state index < -0.39 is 15.7 Å². The quantitative estimate of drug-likeness (QED) is 0.650. The number of nitrogens with zero attached hydrogens (tertiary/aromatic N) is 2. The van der Waals surface area contributed by atoms with Gasteiger partial charge in [-0.05, 0) is 49.2 Å². The van der Waals surface area contributed by atoms with Crippen molar-refractivity contribution in [3.63, 3.8) is 0 Å². The number of hydrogen-bond donors (Lipinski definition) is 0. The second kappa shape index (κ2) is 6.57. The fraction of sp³-hybridized carbons (Fsp3) is 0.211. The Kier molecular flexibility index (Phi) is 4.24. The minimum Gasteiger partial charge on any atom is -0.419 e. The van der Waals surface area contributed by atoms with E-state index in [0.29, 0.717) is 5.56 Å². The Morgan fingerprint density at radius 3 is 2.27 bits per heavy atom. The number of sulfone groups is 1. The minimum absolute atomic E-state index is 0.00717. The SMILES string of the molecule is O=S(=O)(c1ccc(F)cc1)c1nc(-c2ccccc2)oc1N1CCCC1. The van der Waals surface area contributed by atoms with Gasteiger partial charge in [0.2, 0.25) is 26.6 Å². The van der Waals surface area contributed by atoms with Crippen LogP contribution in [0.5, 0.6) is 0 Å². The van der Waals surface area contributed by atoms with E-state index in [1.807, 2.05) is 35.2 Å². The van der Waals surface area contributed by atoms with Gasteiger partial charge in [0.15, 0.2) is 0 Å². The lowest BCUT2D eigenvalue weighted by molar-refractivity contribution is 0.556. The number of benzene rings is 2. The van der Waals surface area contributed by atoms with Crippen LogP contribution in [0.15, 0.2) is 68.9 Å². The maximum atomic E-state index is 13.2. The van der Waals surface area contributed by atoms with Crippen LogP contribution in [0.2, 0.25) is 0 Å². The number of oxazole rings is 1. The molecule has 0 amide bonds. The Morgan fingerprint density at radius 2 is 1.62 bits per heavy atom. The molecule has 1 saturated heterocycles. The zero-order valence-corrected chi connectivity index (χ0v) is 14.7. The van der Waals surface area contributed by atoms with Crippen molar-refractivity contribution in [2.75, 3.05) is 18.0 Å². The number of halogens is 1. The van der Waals surface area contributed by atoms with Gasteiger partial charge >= 0.3 is 0 Å². The first-order valence-electron chi connectivity index (χ1n) is 8.37. The summed E-state index contributed by atoms with van der Waals surface area (Å²) >= 11 is 0. The molecular formula is C19H17FN2O3S. The Bertz CT molecular complexity index is 1010. The average Bonchev–Trinajstić information content (AvgIpc) is 3.32. The first-order valence-corrected chi connectivity index (χ1v) is 9.86. The fourth-order valence-electron chi connectivity index (χ4n) is 3.02. The summed E-state index contributed by atoms with van der Waals surface area (Å²) in [5.41, 5.74) is 0.702. The molecule has 2 heterocycles. The maximum Gasteiger partial charge on any atom is 0.236 e. The lowest BCUT2D eigenvalue weighted by Crippen LogP contribution is -2.19. The normalized spacial score (nSPS) is 14.7. The van der Waals surface area contributed by atoms with Gasteiger partial charge in [-0.2, -0.15) is 4.98 Å². The van der Waals surface area contributed by atoms with Crippen LogP contribution >= 0.6 is 0 Å². The zero-order valence-electron chi connectivity index (χ0n) is 13.9. The maximum absolute atomic E-state index is 13.2. The molecule has 1 aliphatic rings. The summed E-state index contributed by atoms with van der Waals surface area (Å²) in [4.78, 5) is 6.20. The summed E-state index contributed by atoms with van der Waals surface area (Å²) in [6.45, 7) is 1.44. The minimum atomic E-state index is -3.92. The summed E-state index contributed by atoms with van der Waals surface area (Å²) < 4.78 is 45.3.